The zero-order chi connectivity index (χ0) is 12.2. The molecule has 0 atom stereocenters. The lowest BCUT2D eigenvalue weighted by Gasteiger charge is -2.15. The maximum Gasteiger partial charge on any atom is 0.125 e. The summed E-state index contributed by atoms with van der Waals surface area (Å²) >= 11 is 0. The Hall–Kier alpha value is -1.11. The number of rotatable bonds is 2. The highest BCUT2D eigenvalue weighted by atomic mass is 32.3. The van der Waals surface area contributed by atoms with Crippen LogP contribution in [0.25, 0.3) is 0 Å². The fourth-order valence-corrected chi connectivity index (χ4v) is 1.59. The highest BCUT2D eigenvalue weighted by Gasteiger charge is 2.02. The topological polar surface area (TPSA) is 29.5 Å². The lowest BCUT2D eigenvalue weighted by Crippen LogP contribution is -1.92. The maximum atomic E-state index is 9.09. The highest BCUT2D eigenvalue weighted by molar-refractivity contribution is 8.35. The second-order valence-electron chi connectivity index (χ2n) is 4.25. The second kappa shape index (κ2) is 5.29. The average Bonchev–Trinajstić information content (AvgIpc) is 2.25. The van der Waals surface area contributed by atoms with Crippen molar-refractivity contribution < 1.29 is 9.84 Å². The quantitative estimate of drug-likeness (QED) is 0.800. The van der Waals surface area contributed by atoms with Crippen LogP contribution < -0.4 is 4.74 Å². The first-order chi connectivity index (χ1) is 7.46. The van der Waals surface area contributed by atoms with Gasteiger partial charge in [-0.2, -0.15) is 10.0 Å². The molecule has 0 fully saturated rings. The van der Waals surface area contributed by atoms with Gasteiger partial charge in [-0.15, -0.1) is 0 Å². The summed E-state index contributed by atoms with van der Waals surface area (Å²) in [6.45, 7) is -0.0125. The molecule has 0 aromatic heterocycles. The molecular formula is C13H18O2S. The van der Waals surface area contributed by atoms with Gasteiger partial charge in [0, 0.05) is 11.1 Å². The molecule has 0 aliphatic carbocycles. The van der Waals surface area contributed by atoms with E-state index >= 15 is 0 Å². The number of ether oxygens (including phenoxy) is 1. The molecule has 0 saturated carbocycles. The number of hydrogen-bond acceptors (Lipinski definition) is 2. The molecule has 16 heavy (non-hydrogen) atoms. The first-order valence-electron chi connectivity index (χ1n) is 4.95. The molecule has 0 bridgehead atoms. The van der Waals surface area contributed by atoms with E-state index in [1.54, 1.807) is 7.11 Å². The van der Waals surface area contributed by atoms with E-state index in [9.17, 15) is 0 Å². The zero-order valence-corrected chi connectivity index (χ0v) is 11.0. The Morgan fingerprint density at radius 3 is 2.50 bits per heavy atom. The second-order valence-corrected chi connectivity index (χ2v) is 8.13. The fourth-order valence-electron chi connectivity index (χ4n) is 1.16. The van der Waals surface area contributed by atoms with Gasteiger partial charge >= 0.3 is 0 Å². The smallest absolute Gasteiger partial charge is 0.125 e. The molecule has 0 aliphatic rings. The monoisotopic (exact) mass is 238 g/mol. The zero-order valence-electron chi connectivity index (χ0n) is 10.2. The van der Waals surface area contributed by atoms with E-state index in [2.05, 4.69) is 29.9 Å². The van der Waals surface area contributed by atoms with Crippen LogP contribution in [0.2, 0.25) is 0 Å². The van der Waals surface area contributed by atoms with Crippen molar-refractivity contribution in [3.8, 4) is 16.9 Å². The standard InChI is InChI=1S/C13H18O2S/c1-15-13-9-11(5-6-12(13)10-14)7-8-16(2,3)4/h5-6,9,14H,10H2,1-4H3. The number of aliphatic hydroxyl groups excluding tert-OH is 1. The van der Waals surface area contributed by atoms with Gasteiger partial charge in [-0.3, -0.25) is 0 Å². The average molecular weight is 238 g/mol. The third-order valence-corrected chi connectivity index (χ3v) is 2.67. The molecule has 0 amide bonds. The summed E-state index contributed by atoms with van der Waals surface area (Å²) in [5, 5.41) is 12.3. The van der Waals surface area contributed by atoms with E-state index in [1.807, 2.05) is 18.2 Å². The van der Waals surface area contributed by atoms with Crippen LogP contribution in [0.4, 0.5) is 0 Å². The third kappa shape index (κ3) is 3.80. The summed E-state index contributed by atoms with van der Waals surface area (Å²) in [5.74, 6) is 3.83. The number of methoxy groups -OCH3 is 1. The predicted octanol–water partition coefficient (Wildman–Crippen LogP) is 2.19. The Morgan fingerprint density at radius 1 is 1.31 bits per heavy atom. The van der Waals surface area contributed by atoms with Gasteiger partial charge in [-0.05, 0) is 36.2 Å². The third-order valence-electron chi connectivity index (χ3n) is 1.96. The van der Waals surface area contributed by atoms with Gasteiger partial charge in [-0.25, -0.2) is 0 Å². The highest BCUT2D eigenvalue weighted by Crippen LogP contribution is 2.32. The van der Waals surface area contributed by atoms with Crippen LogP contribution in [0, 0.1) is 11.2 Å². The lowest BCUT2D eigenvalue weighted by molar-refractivity contribution is 0.274. The van der Waals surface area contributed by atoms with Crippen molar-refractivity contribution in [3.63, 3.8) is 0 Å². The predicted molar refractivity (Wildman–Crippen MR) is 71.2 cm³/mol. The Balaban J connectivity index is 3.03. The van der Waals surface area contributed by atoms with E-state index in [1.165, 1.54) is 0 Å². The van der Waals surface area contributed by atoms with Crippen LogP contribution in [-0.2, 0) is 6.61 Å². The summed E-state index contributed by atoms with van der Waals surface area (Å²) in [6, 6.07) is 5.62. The molecule has 1 aromatic rings. The summed E-state index contributed by atoms with van der Waals surface area (Å²) in [6.07, 6.45) is 6.46. The van der Waals surface area contributed by atoms with Crippen molar-refractivity contribution in [2.45, 2.75) is 6.61 Å². The van der Waals surface area contributed by atoms with Crippen LogP contribution >= 0.6 is 10.0 Å². The lowest BCUT2D eigenvalue weighted by atomic mass is 10.1. The molecule has 3 heteroatoms. The van der Waals surface area contributed by atoms with Crippen LogP contribution in [0.5, 0.6) is 5.75 Å². The SMILES string of the molecule is COc1cc(C#CS(C)(C)C)ccc1CO. The van der Waals surface area contributed by atoms with E-state index in [4.69, 9.17) is 9.84 Å². The van der Waals surface area contributed by atoms with Crippen molar-refractivity contribution in [1.29, 1.82) is 0 Å². The van der Waals surface area contributed by atoms with Gasteiger partial charge in [-0.1, -0.05) is 12.0 Å². The first kappa shape index (κ1) is 13.0. The van der Waals surface area contributed by atoms with Gasteiger partial charge < -0.3 is 9.84 Å². The molecule has 1 N–H and O–H groups in total. The van der Waals surface area contributed by atoms with Gasteiger partial charge in [0.15, 0.2) is 0 Å². The van der Waals surface area contributed by atoms with E-state index in [0.29, 0.717) is 5.75 Å². The summed E-state index contributed by atoms with van der Waals surface area (Å²) in [4.78, 5) is 0. The molecule has 0 aliphatic heterocycles. The van der Waals surface area contributed by atoms with Gasteiger partial charge in [0.1, 0.15) is 5.75 Å². The molecular weight excluding hydrogens is 220 g/mol. The van der Waals surface area contributed by atoms with Crippen LogP contribution in [-0.4, -0.2) is 31.0 Å². The van der Waals surface area contributed by atoms with Crippen molar-refractivity contribution in [2.24, 2.45) is 0 Å². The molecule has 2 nitrogen and oxygen atoms in total. The summed E-state index contributed by atoms with van der Waals surface area (Å²) < 4.78 is 5.19. The Bertz CT molecular complexity index is 422. The van der Waals surface area contributed by atoms with Crippen molar-refractivity contribution >= 4 is 10.0 Å². The molecule has 0 radical (unpaired) electrons. The van der Waals surface area contributed by atoms with Crippen LogP contribution in [0.1, 0.15) is 11.1 Å². The first-order valence-corrected chi connectivity index (χ1v) is 7.81. The minimum absolute atomic E-state index is 0.0125. The number of benzene rings is 1. The van der Waals surface area contributed by atoms with Gasteiger partial charge in [0.2, 0.25) is 0 Å². The van der Waals surface area contributed by atoms with Gasteiger partial charge in [0.25, 0.3) is 0 Å². The minimum atomic E-state index is -0.809. The van der Waals surface area contributed by atoms with Crippen molar-refractivity contribution in [1.82, 2.24) is 0 Å². The minimum Gasteiger partial charge on any atom is -0.496 e. The van der Waals surface area contributed by atoms with Crippen LogP contribution in [0.3, 0.4) is 0 Å². The summed E-state index contributed by atoms with van der Waals surface area (Å²) in [7, 11) is 0.789. The molecule has 0 saturated heterocycles. The van der Waals surface area contributed by atoms with E-state index < -0.39 is 10.0 Å². The maximum absolute atomic E-state index is 9.09. The van der Waals surface area contributed by atoms with E-state index in [-0.39, 0.29) is 6.61 Å². The normalized spacial score (nSPS) is 11.6. The fraction of sp³-hybridized carbons (Fsp3) is 0.385. The number of aliphatic hydroxyl groups is 1. The largest absolute Gasteiger partial charge is 0.496 e. The molecule has 0 unspecified atom stereocenters. The Morgan fingerprint density at radius 2 is 2.00 bits per heavy atom. The van der Waals surface area contributed by atoms with Gasteiger partial charge in [0.05, 0.1) is 13.7 Å². The molecule has 1 aromatic carbocycles. The van der Waals surface area contributed by atoms with Crippen molar-refractivity contribution in [3.05, 3.63) is 29.3 Å². The molecule has 88 valence electrons. The Labute approximate surface area is 99.0 Å². The molecule has 0 heterocycles. The van der Waals surface area contributed by atoms with Crippen molar-refractivity contribution in [2.75, 3.05) is 25.9 Å². The van der Waals surface area contributed by atoms with Crippen LogP contribution in [0.15, 0.2) is 18.2 Å². The molecule has 0 spiro atoms. The number of hydrogen-bond donors (Lipinski definition) is 1. The summed E-state index contributed by atoms with van der Waals surface area (Å²) in [5.41, 5.74) is 1.72. The Kier molecular flexibility index (Phi) is 4.28. The molecule has 1 rings (SSSR count). The van der Waals surface area contributed by atoms with E-state index in [0.717, 1.165) is 11.1 Å².